The highest BCUT2D eigenvalue weighted by molar-refractivity contribution is 5.71. The van der Waals surface area contributed by atoms with E-state index in [1.165, 1.54) is 212 Å². The fourth-order valence-electron chi connectivity index (χ4n) is 10.4. The van der Waals surface area contributed by atoms with E-state index in [4.69, 9.17) is 14.2 Å². The second-order valence-corrected chi connectivity index (χ2v) is 23.8. The molecule has 0 spiro atoms. The summed E-state index contributed by atoms with van der Waals surface area (Å²) in [7, 11) is 0. The van der Waals surface area contributed by atoms with Gasteiger partial charge in [0.05, 0.1) is 0 Å². The maximum absolute atomic E-state index is 12.9. The Labute approximate surface area is 503 Å². The molecule has 0 fully saturated rings. The van der Waals surface area contributed by atoms with Crippen LogP contribution in [0.5, 0.6) is 0 Å². The van der Waals surface area contributed by atoms with Gasteiger partial charge in [0.2, 0.25) is 0 Å². The first kappa shape index (κ1) is 77.9. The predicted molar refractivity (Wildman–Crippen MR) is 353 cm³/mol. The normalized spacial score (nSPS) is 12.5. The Morgan fingerprint density at radius 2 is 0.481 bits per heavy atom. The lowest BCUT2D eigenvalue weighted by molar-refractivity contribution is -0.167. The number of ether oxygens (including phenoxy) is 3. The molecule has 0 aliphatic rings. The summed E-state index contributed by atoms with van der Waals surface area (Å²) in [4.78, 5) is 38.4. The summed E-state index contributed by atoms with van der Waals surface area (Å²) in [6.45, 7) is 6.53. The van der Waals surface area contributed by atoms with E-state index in [2.05, 4.69) is 93.7 Å². The molecule has 1 unspecified atom stereocenters. The minimum atomic E-state index is -0.795. The summed E-state index contributed by atoms with van der Waals surface area (Å²) in [6, 6.07) is 0. The van der Waals surface area contributed by atoms with Gasteiger partial charge in [-0.25, -0.2) is 0 Å². The highest BCUT2D eigenvalue weighted by atomic mass is 16.6. The molecule has 0 aliphatic heterocycles. The quantitative estimate of drug-likeness (QED) is 0.0261. The lowest BCUT2D eigenvalue weighted by atomic mass is 10.0. The Morgan fingerprint density at radius 1 is 0.259 bits per heavy atom. The van der Waals surface area contributed by atoms with E-state index in [1.54, 1.807) is 0 Å². The minimum absolute atomic E-state index is 0.0872. The van der Waals surface area contributed by atoms with Gasteiger partial charge in [-0.05, 0) is 89.9 Å². The molecule has 0 rings (SSSR count). The Balaban J connectivity index is 4.24. The first-order valence-electron chi connectivity index (χ1n) is 35.4. The smallest absolute Gasteiger partial charge is 0.306 e. The van der Waals surface area contributed by atoms with Gasteiger partial charge in [-0.2, -0.15) is 0 Å². The van der Waals surface area contributed by atoms with Crippen molar-refractivity contribution in [3.8, 4) is 0 Å². The van der Waals surface area contributed by atoms with Gasteiger partial charge in [0.1, 0.15) is 13.2 Å². The molecule has 0 amide bonds. The van der Waals surface area contributed by atoms with E-state index in [0.29, 0.717) is 19.3 Å². The second kappa shape index (κ2) is 69.3. The second-order valence-electron chi connectivity index (χ2n) is 23.8. The van der Waals surface area contributed by atoms with Crippen molar-refractivity contribution in [1.82, 2.24) is 0 Å². The maximum atomic E-state index is 12.9. The van der Waals surface area contributed by atoms with Gasteiger partial charge in [0, 0.05) is 19.3 Å². The van der Waals surface area contributed by atoms with Crippen LogP contribution in [0.15, 0.2) is 72.9 Å². The molecule has 6 heteroatoms. The number of unbranched alkanes of at least 4 members (excludes halogenated alkanes) is 42. The first-order chi connectivity index (χ1) is 40.0. The van der Waals surface area contributed by atoms with E-state index in [1.807, 2.05) is 0 Å². The molecule has 0 bridgehead atoms. The number of rotatable bonds is 65. The van der Waals surface area contributed by atoms with Crippen molar-refractivity contribution >= 4 is 17.9 Å². The lowest BCUT2D eigenvalue weighted by Gasteiger charge is -2.18. The van der Waals surface area contributed by atoms with Crippen molar-refractivity contribution in [1.29, 1.82) is 0 Å². The van der Waals surface area contributed by atoms with Crippen molar-refractivity contribution in [2.75, 3.05) is 13.2 Å². The number of esters is 3. The van der Waals surface area contributed by atoms with Crippen LogP contribution in [0.25, 0.3) is 0 Å². The van der Waals surface area contributed by atoms with E-state index in [0.717, 1.165) is 116 Å². The van der Waals surface area contributed by atoms with Gasteiger partial charge in [0.25, 0.3) is 0 Å². The van der Waals surface area contributed by atoms with Gasteiger partial charge in [-0.1, -0.05) is 331 Å². The number of carbonyl (C=O) groups excluding carboxylic acids is 3. The van der Waals surface area contributed by atoms with Gasteiger partial charge >= 0.3 is 17.9 Å². The van der Waals surface area contributed by atoms with Crippen LogP contribution in [0.1, 0.15) is 367 Å². The SMILES string of the molecule is CC/C=C\C/C=C\C/C=C\C/C=C\CCCCCCC(=O)OC(COC(=O)CCCCCCC/C=C\C/C=C\CCCCCC)COC(=O)CCCCCCCCCCCCCCCCCCCCCCCCCCCCCCCC. The van der Waals surface area contributed by atoms with Gasteiger partial charge in [-0.3, -0.25) is 14.4 Å². The highest BCUT2D eigenvalue weighted by Gasteiger charge is 2.19. The molecule has 0 aromatic heterocycles. The topological polar surface area (TPSA) is 78.9 Å². The van der Waals surface area contributed by atoms with Crippen LogP contribution < -0.4 is 0 Å². The molecule has 81 heavy (non-hydrogen) atoms. The van der Waals surface area contributed by atoms with Gasteiger partial charge < -0.3 is 14.2 Å². The number of allylic oxidation sites excluding steroid dienone is 12. The van der Waals surface area contributed by atoms with Crippen LogP contribution in [0.4, 0.5) is 0 Å². The average molecular weight is 1130 g/mol. The fraction of sp³-hybridized carbons (Fsp3) is 0.800. The molecule has 0 aromatic carbocycles. The minimum Gasteiger partial charge on any atom is -0.462 e. The number of hydrogen-bond donors (Lipinski definition) is 0. The number of carbonyl (C=O) groups is 3. The molecule has 470 valence electrons. The third-order valence-corrected chi connectivity index (χ3v) is 15.7. The molecule has 0 heterocycles. The molecular formula is C75H134O6. The predicted octanol–water partition coefficient (Wildman–Crippen LogP) is 24.4. The van der Waals surface area contributed by atoms with Crippen LogP contribution >= 0.6 is 0 Å². The highest BCUT2D eigenvalue weighted by Crippen LogP contribution is 2.18. The molecule has 1 atom stereocenters. The monoisotopic (exact) mass is 1130 g/mol. The first-order valence-corrected chi connectivity index (χ1v) is 35.4. The van der Waals surface area contributed by atoms with Crippen molar-refractivity contribution in [3.05, 3.63) is 72.9 Å². The zero-order chi connectivity index (χ0) is 58.5. The Bertz CT molecular complexity index is 1490. The largest absolute Gasteiger partial charge is 0.462 e. The van der Waals surface area contributed by atoms with Crippen molar-refractivity contribution in [2.45, 2.75) is 374 Å². The molecular weight excluding hydrogens is 997 g/mol. The van der Waals surface area contributed by atoms with E-state index in [9.17, 15) is 14.4 Å². The molecule has 0 aliphatic carbocycles. The van der Waals surface area contributed by atoms with E-state index in [-0.39, 0.29) is 31.1 Å². The zero-order valence-electron chi connectivity index (χ0n) is 54.1. The summed E-state index contributed by atoms with van der Waals surface area (Å²) >= 11 is 0. The van der Waals surface area contributed by atoms with Crippen LogP contribution in [-0.2, 0) is 28.6 Å². The Kier molecular flexibility index (Phi) is 66.6. The average Bonchev–Trinajstić information content (AvgIpc) is 3.47. The van der Waals surface area contributed by atoms with Crippen molar-refractivity contribution < 1.29 is 28.6 Å². The third-order valence-electron chi connectivity index (χ3n) is 15.7. The standard InChI is InChI=1S/C75H134O6/c1-4-7-10-13-16-19-22-25-28-31-32-33-34-35-36-37-38-39-40-41-42-43-45-47-50-53-56-59-62-65-68-74(77)80-71-72(70-79-73(76)67-64-61-58-55-52-49-46-30-27-24-21-18-15-12-9-6-3)81-75(78)69-66-63-60-57-54-51-48-44-29-26-23-20-17-14-11-8-5-2/h8,11,17,20-21,24,26,29-30,46,48,51,72H,4-7,9-10,12-16,18-19,22-23,25,27-28,31-45,47,49-50,52-71H2,1-3H3/b11-8-,20-17-,24-21-,29-26-,46-30-,51-48-. The fourth-order valence-corrected chi connectivity index (χ4v) is 10.4. The summed E-state index contributed by atoms with van der Waals surface area (Å²) in [5.74, 6) is -0.907. The third kappa shape index (κ3) is 67.5. The van der Waals surface area contributed by atoms with Crippen LogP contribution in [0.2, 0.25) is 0 Å². The van der Waals surface area contributed by atoms with Gasteiger partial charge in [0.15, 0.2) is 6.10 Å². The molecule has 0 radical (unpaired) electrons. The molecule has 0 saturated heterocycles. The molecule has 0 N–H and O–H groups in total. The molecule has 6 nitrogen and oxygen atoms in total. The molecule has 0 saturated carbocycles. The maximum Gasteiger partial charge on any atom is 0.306 e. The molecule has 0 aromatic rings. The zero-order valence-corrected chi connectivity index (χ0v) is 54.1. The van der Waals surface area contributed by atoms with Crippen LogP contribution in [0, 0.1) is 0 Å². The summed E-state index contributed by atoms with van der Waals surface area (Å²) in [5.41, 5.74) is 0. The number of hydrogen-bond acceptors (Lipinski definition) is 6. The van der Waals surface area contributed by atoms with Crippen molar-refractivity contribution in [3.63, 3.8) is 0 Å². The van der Waals surface area contributed by atoms with Gasteiger partial charge in [-0.15, -0.1) is 0 Å². The Hall–Kier alpha value is -3.15. The summed E-state index contributed by atoms with van der Waals surface area (Å²) in [5, 5.41) is 0. The Morgan fingerprint density at radius 3 is 0.765 bits per heavy atom. The summed E-state index contributed by atoms with van der Waals surface area (Å²) in [6.07, 6.45) is 90.9. The van der Waals surface area contributed by atoms with Crippen LogP contribution in [0.3, 0.4) is 0 Å². The van der Waals surface area contributed by atoms with E-state index >= 15 is 0 Å². The lowest BCUT2D eigenvalue weighted by Crippen LogP contribution is -2.30. The van der Waals surface area contributed by atoms with E-state index < -0.39 is 6.10 Å². The van der Waals surface area contributed by atoms with Crippen molar-refractivity contribution in [2.24, 2.45) is 0 Å². The summed E-state index contributed by atoms with van der Waals surface area (Å²) < 4.78 is 16.9. The van der Waals surface area contributed by atoms with Crippen LogP contribution in [-0.4, -0.2) is 37.2 Å².